The van der Waals surface area contributed by atoms with E-state index in [1.54, 1.807) is 6.20 Å². The summed E-state index contributed by atoms with van der Waals surface area (Å²) in [6.45, 7) is 0. The molecule has 0 amide bonds. The third-order valence-corrected chi connectivity index (χ3v) is 2.95. The Balaban J connectivity index is 1.76. The Bertz CT molecular complexity index is 451. The third kappa shape index (κ3) is 3.59. The van der Waals surface area contributed by atoms with Gasteiger partial charge in [0.05, 0.1) is 0 Å². The lowest BCUT2D eigenvalue weighted by Crippen LogP contribution is -1.96. The van der Waals surface area contributed by atoms with Gasteiger partial charge in [0, 0.05) is 18.1 Å². The molecule has 1 aromatic heterocycles. The minimum absolute atomic E-state index is 0.861. The van der Waals surface area contributed by atoms with E-state index in [9.17, 15) is 0 Å². The van der Waals surface area contributed by atoms with Crippen molar-refractivity contribution in [2.24, 2.45) is 0 Å². The van der Waals surface area contributed by atoms with Gasteiger partial charge in [0.25, 0.3) is 0 Å². The van der Waals surface area contributed by atoms with Gasteiger partial charge in [-0.2, -0.15) is 0 Å². The maximum atomic E-state index is 5.87. The second-order valence-corrected chi connectivity index (χ2v) is 4.27. The number of anilines is 1. The predicted octanol–water partition coefficient (Wildman–Crippen LogP) is 3.23. The highest BCUT2D eigenvalue weighted by atomic mass is 14.7. The zero-order chi connectivity index (χ0) is 11.9. The average molecular weight is 226 g/mol. The highest BCUT2D eigenvalue weighted by Crippen LogP contribution is 2.13. The summed E-state index contributed by atoms with van der Waals surface area (Å²) >= 11 is 0. The van der Waals surface area contributed by atoms with Gasteiger partial charge in [-0.15, -0.1) is 0 Å². The normalized spacial score (nSPS) is 10.4. The second kappa shape index (κ2) is 6.04. The van der Waals surface area contributed by atoms with Crippen molar-refractivity contribution < 1.29 is 0 Å². The van der Waals surface area contributed by atoms with Gasteiger partial charge in [0.1, 0.15) is 0 Å². The summed E-state index contributed by atoms with van der Waals surface area (Å²) in [5.74, 6) is 0. The van der Waals surface area contributed by atoms with Crippen LogP contribution in [0.3, 0.4) is 0 Å². The van der Waals surface area contributed by atoms with Crippen molar-refractivity contribution in [1.29, 1.82) is 0 Å². The van der Waals surface area contributed by atoms with Crippen LogP contribution in [-0.2, 0) is 12.8 Å². The fourth-order valence-electron chi connectivity index (χ4n) is 1.94. The molecule has 0 atom stereocenters. The number of aromatic nitrogens is 1. The highest BCUT2D eigenvalue weighted by Gasteiger charge is 1.98. The van der Waals surface area contributed by atoms with Crippen molar-refractivity contribution in [3.05, 3.63) is 59.9 Å². The van der Waals surface area contributed by atoms with Crippen LogP contribution in [0.2, 0.25) is 0 Å². The number of rotatable bonds is 5. The molecule has 1 heterocycles. The summed E-state index contributed by atoms with van der Waals surface area (Å²) in [7, 11) is 0. The lowest BCUT2D eigenvalue weighted by molar-refractivity contribution is 0.734. The summed E-state index contributed by atoms with van der Waals surface area (Å²) in [6.07, 6.45) is 8.12. The molecule has 0 unspecified atom stereocenters. The van der Waals surface area contributed by atoms with Crippen LogP contribution in [0.25, 0.3) is 0 Å². The van der Waals surface area contributed by atoms with Crippen LogP contribution in [0.15, 0.2) is 48.8 Å². The standard InChI is InChI=1S/C15H18N2/c16-15-10-11-17-12-14(15)9-5-4-8-13-6-2-1-3-7-13/h1-3,6-7,10-12H,4-5,8-9H2,(H2,16,17). The number of nitrogens with two attached hydrogens (primary N) is 1. The number of benzene rings is 1. The molecule has 0 saturated carbocycles. The second-order valence-electron chi connectivity index (χ2n) is 4.27. The maximum absolute atomic E-state index is 5.87. The summed E-state index contributed by atoms with van der Waals surface area (Å²) in [5.41, 5.74) is 9.31. The van der Waals surface area contributed by atoms with Gasteiger partial charge in [-0.3, -0.25) is 4.98 Å². The Morgan fingerprint density at radius 3 is 2.47 bits per heavy atom. The SMILES string of the molecule is Nc1ccncc1CCCCc1ccccc1. The summed E-state index contributed by atoms with van der Waals surface area (Å²) in [5, 5.41) is 0. The number of hydrogen-bond acceptors (Lipinski definition) is 2. The fourth-order valence-corrected chi connectivity index (χ4v) is 1.94. The first-order chi connectivity index (χ1) is 8.36. The molecule has 0 fully saturated rings. The number of aryl methyl sites for hydroxylation is 2. The van der Waals surface area contributed by atoms with Gasteiger partial charge in [-0.05, 0) is 42.9 Å². The largest absolute Gasteiger partial charge is 0.398 e. The van der Waals surface area contributed by atoms with Gasteiger partial charge >= 0.3 is 0 Å². The van der Waals surface area contributed by atoms with Crippen molar-refractivity contribution in [2.75, 3.05) is 5.73 Å². The number of nitrogen functional groups attached to an aromatic ring is 1. The maximum Gasteiger partial charge on any atom is 0.0377 e. The molecule has 2 aromatic rings. The van der Waals surface area contributed by atoms with Crippen LogP contribution >= 0.6 is 0 Å². The molecule has 88 valence electrons. The van der Waals surface area contributed by atoms with Gasteiger partial charge in [0.15, 0.2) is 0 Å². The van der Waals surface area contributed by atoms with Gasteiger partial charge in [-0.1, -0.05) is 30.3 Å². The van der Waals surface area contributed by atoms with Crippen molar-refractivity contribution in [2.45, 2.75) is 25.7 Å². The first-order valence-electron chi connectivity index (χ1n) is 6.08. The zero-order valence-corrected chi connectivity index (χ0v) is 9.97. The van der Waals surface area contributed by atoms with E-state index in [1.165, 1.54) is 17.5 Å². The van der Waals surface area contributed by atoms with Crippen molar-refractivity contribution in [3.8, 4) is 0 Å². The molecule has 0 aliphatic rings. The quantitative estimate of drug-likeness (QED) is 0.795. The molecule has 1 aromatic carbocycles. The molecule has 0 aliphatic heterocycles. The van der Waals surface area contributed by atoms with Gasteiger partial charge < -0.3 is 5.73 Å². The van der Waals surface area contributed by atoms with Crippen LogP contribution in [0, 0.1) is 0 Å². The first-order valence-corrected chi connectivity index (χ1v) is 6.08. The lowest BCUT2D eigenvalue weighted by atomic mass is 10.0. The van der Waals surface area contributed by atoms with E-state index in [4.69, 9.17) is 5.73 Å². The number of nitrogens with zero attached hydrogens (tertiary/aromatic N) is 1. The van der Waals surface area contributed by atoms with E-state index in [2.05, 4.69) is 35.3 Å². The number of hydrogen-bond donors (Lipinski definition) is 1. The molecular formula is C15H18N2. The number of pyridine rings is 1. The minimum atomic E-state index is 0.861. The van der Waals surface area contributed by atoms with Crippen molar-refractivity contribution in [3.63, 3.8) is 0 Å². The molecule has 2 N–H and O–H groups in total. The van der Waals surface area contributed by atoms with E-state index in [0.29, 0.717) is 0 Å². The molecule has 17 heavy (non-hydrogen) atoms. The summed E-state index contributed by atoms with van der Waals surface area (Å²) < 4.78 is 0. The summed E-state index contributed by atoms with van der Waals surface area (Å²) in [4.78, 5) is 4.10. The first kappa shape index (κ1) is 11.6. The van der Waals surface area contributed by atoms with Crippen LogP contribution in [0.5, 0.6) is 0 Å². The molecule has 2 nitrogen and oxygen atoms in total. The highest BCUT2D eigenvalue weighted by molar-refractivity contribution is 5.44. The van der Waals surface area contributed by atoms with E-state index in [-0.39, 0.29) is 0 Å². The Morgan fingerprint density at radius 2 is 1.71 bits per heavy atom. The van der Waals surface area contributed by atoms with Crippen LogP contribution in [0.1, 0.15) is 24.0 Å². The Labute approximate surface area is 103 Å². The molecular weight excluding hydrogens is 208 g/mol. The van der Waals surface area contributed by atoms with Crippen molar-refractivity contribution >= 4 is 5.69 Å². The van der Waals surface area contributed by atoms with Gasteiger partial charge in [0.2, 0.25) is 0 Å². The predicted molar refractivity (Wildman–Crippen MR) is 71.7 cm³/mol. The van der Waals surface area contributed by atoms with Crippen LogP contribution in [0.4, 0.5) is 5.69 Å². The molecule has 2 rings (SSSR count). The molecule has 0 bridgehead atoms. The Kier molecular flexibility index (Phi) is 4.14. The van der Waals surface area contributed by atoms with E-state index >= 15 is 0 Å². The Morgan fingerprint density at radius 1 is 0.941 bits per heavy atom. The van der Waals surface area contributed by atoms with Crippen LogP contribution in [-0.4, -0.2) is 4.98 Å². The third-order valence-electron chi connectivity index (χ3n) is 2.95. The smallest absolute Gasteiger partial charge is 0.0377 e. The number of unbranched alkanes of at least 4 members (excludes halogenated alkanes) is 1. The molecule has 2 heteroatoms. The minimum Gasteiger partial charge on any atom is -0.398 e. The summed E-state index contributed by atoms with van der Waals surface area (Å²) in [6, 6.07) is 12.5. The van der Waals surface area contributed by atoms with Crippen molar-refractivity contribution in [1.82, 2.24) is 4.98 Å². The topological polar surface area (TPSA) is 38.9 Å². The van der Waals surface area contributed by atoms with Crippen LogP contribution < -0.4 is 5.73 Å². The molecule has 0 saturated heterocycles. The Hall–Kier alpha value is -1.83. The van der Waals surface area contributed by atoms with E-state index in [0.717, 1.165) is 24.9 Å². The molecule has 0 aliphatic carbocycles. The lowest BCUT2D eigenvalue weighted by Gasteiger charge is -2.04. The van der Waals surface area contributed by atoms with E-state index in [1.807, 2.05) is 12.3 Å². The zero-order valence-electron chi connectivity index (χ0n) is 9.97. The van der Waals surface area contributed by atoms with Gasteiger partial charge in [-0.25, -0.2) is 0 Å². The molecule has 0 radical (unpaired) electrons. The fraction of sp³-hybridized carbons (Fsp3) is 0.267. The molecule has 0 spiro atoms. The van der Waals surface area contributed by atoms with E-state index < -0.39 is 0 Å². The monoisotopic (exact) mass is 226 g/mol. The average Bonchev–Trinajstić information content (AvgIpc) is 2.38.